The van der Waals surface area contributed by atoms with Gasteiger partial charge in [0.15, 0.2) is 5.58 Å². The third kappa shape index (κ3) is 3.11. The van der Waals surface area contributed by atoms with Crippen LogP contribution in [0.15, 0.2) is 40.8 Å². The molecule has 4 heteroatoms. The monoisotopic (exact) mass is 309 g/mol. The minimum atomic E-state index is -1.07. The van der Waals surface area contributed by atoms with Crippen LogP contribution in [0.4, 0.5) is 0 Å². The summed E-state index contributed by atoms with van der Waals surface area (Å²) in [5.74, 6) is -1.13. The fourth-order valence-corrected chi connectivity index (χ4v) is 2.62. The van der Waals surface area contributed by atoms with Gasteiger partial charge in [0.2, 0.25) is 5.76 Å². The maximum atomic E-state index is 11.2. The molecule has 0 aliphatic carbocycles. The number of rotatable bonds is 5. The number of carbonyl (C=O) groups is 1. The van der Waals surface area contributed by atoms with Crippen LogP contribution in [0, 0.1) is 6.92 Å². The Morgan fingerprint density at radius 3 is 2.61 bits per heavy atom. The summed E-state index contributed by atoms with van der Waals surface area (Å²) in [5, 5.41) is 9.15. The van der Waals surface area contributed by atoms with E-state index < -0.39 is 5.97 Å². The number of pyridine rings is 1. The summed E-state index contributed by atoms with van der Waals surface area (Å²) in [6.45, 7) is 4.17. The smallest absolute Gasteiger partial charge is 0.371 e. The number of unbranched alkanes of at least 4 members (excludes halogenated alkanes) is 1. The zero-order valence-electron chi connectivity index (χ0n) is 13.3. The van der Waals surface area contributed by atoms with Gasteiger partial charge in [-0.05, 0) is 31.4 Å². The zero-order valence-corrected chi connectivity index (χ0v) is 13.3. The van der Waals surface area contributed by atoms with E-state index in [1.54, 1.807) is 0 Å². The Bertz CT molecular complexity index is 847. The van der Waals surface area contributed by atoms with E-state index in [0.29, 0.717) is 11.1 Å². The van der Waals surface area contributed by atoms with Crippen molar-refractivity contribution in [2.45, 2.75) is 33.1 Å². The predicted octanol–water partition coefficient (Wildman–Crippen LogP) is 4.84. The first kappa shape index (κ1) is 15.3. The quantitative estimate of drug-likeness (QED) is 0.732. The molecular weight excluding hydrogens is 290 g/mol. The van der Waals surface area contributed by atoms with Crippen molar-refractivity contribution >= 4 is 17.1 Å². The minimum absolute atomic E-state index is 0.0636. The molecule has 0 aliphatic rings. The van der Waals surface area contributed by atoms with Crippen LogP contribution < -0.4 is 0 Å². The summed E-state index contributed by atoms with van der Waals surface area (Å²) in [6.07, 6.45) is 2.94. The molecule has 0 unspecified atom stereocenters. The van der Waals surface area contributed by atoms with Crippen LogP contribution in [0.1, 0.15) is 41.4 Å². The van der Waals surface area contributed by atoms with Crippen molar-refractivity contribution in [3.63, 3.8) is 0 Å². The van der Waals surface area contributed by atoms with E-state index in [9.17, 15) is 4.79 Å². The zero-order chi connectivity index (χ0) is 16.4. The Balaban J connectivity index is 2.15. The average Bonchev–Trinajstić information content (AvgIpc) is 2.97. The fraction of sp³-hybridized carbons (Fsp3) is 0.263. The standard InChI is InChI=1S/C19H19NO3/c1-3-4-5-14-10-15(13-8-6-12(2)7-9-13)20-16-11-17(19(21)22)23-18(14)16/h6-11H,3-5H2,1-2H3,(H,21,22). The minimum Gasteiger partial charge on any atom is -0.475 e. The molecule has 2 aromatic heterocycles. The predicted molar refractivity (Wildman–Crippen MR) is 89.8 cm³/mol. The van der Waals surface area contributed by atoms with E-state index in [1.807, 2.05) is 37.3 Å². The molecule has 0 radical (unpaired) electrons. The van der Waals surface area contributed by atoms with Crippen LogP contribution in [0.2, 0.25) is 0 Å². The molecular formula is C19H19NO3. The number of carboxylic acid groups (broad SMARTS) is 1. The number of hydrogen-bond donors (Lipinski definition) is 1. The van der Waals surface area contributed by atoms with E-state index >= 15 is 0 Å². The Morgan fingerprint density at radius 1 is 1.22 bits per heavy atom. The van der Waals surface area contributed by atoms with Gasteiger partial charge >= 0.3 is 5.97 Å². The lowest BCUT2D eigenvalue weighted by atomic mass is 10.0. The molecule has 23 heavy (non-hydrogen) atoms. The van der Waals surface area contributed by atoms with Gasteiger partial charge in [0.25, 0.3) is 0 Å². The van der Waals surface area contributed by atoms with Crippen molar-refractivity contribution in [3.8, 4) is 11.3 Å². The molecule has 1 aromatic carbocycles. The lowest BCUT2D eigenvalue weighted by Crippen LogP contribution is -1.91. The van der Waals surface area contributed by atoms with Crippen molar-refractivity contribution < 1.29 is 14.3 Å². The van der Waals surface area contributed by atoms with Crippen LogP contribution in [-0.2, 0) is 6.42 Å². The molecule has 0 saturated heterocycles. The second-order valence-corrected chi connectivity index (χ2v) is 5.77. The summed E-state index contributed by atoms with van der Waals surface area (Å²) in [6, 6.07) is 11.7. The highest BCUT2D eigenvalue weighted by Crippen LogP contribution is 2.28. The molecule has 0 bridgehead atoms. The second-order valence-electron chi connectivity index (χ2n) is 5.77. The lowest BCUT2D eigenvalue weighted by Gasteiger charge is -2.06. The van der Waals surface area contributed by atoms with Gasteiger partial charge < -0.3 is 9.52 Å². The normalized spacial score (nSPS) is 11.0. The Kier molecular flexibility index (Phi) is 4.15. The number of fused-ring (bicyclic) bond motifs is 1. The van der Waals surface area contributed by atoms with Crippen LogP contribution >= 0.6 is 0 Å². The number of furan rings is 1. The van der Waals surface area contributed by atoms with Crippen molar-refractivity contribution in [3.05, 3.63) is 53.3 Å². The fourth-order valence-electron chi connectivity index (χ4n) is 2.62. The Labute approximate surface area is 134 Å². The van der Waals surface area contributed by atoms with Crippen molar-refractivity contribution in [1.29, 1.82) is 0 Å². The van der Waals surface area contributed by atoms with Crippen molar-refractivity contribution in [2.24, 2.45) is 0 Å². The van der Waals surface area contributed by atoms with E-state index in [2.05, 4.69) is 11.9 Å². The lowest BCUT2D eigenvalue weighted by molar-refractivity contribution is 0.0665. The molecule has 0 fully saturated rings. The highest BCUT2D eigenvalue weighted by molar-refractivity contribution is 5.91. The molecule has 0 amide bonds. The number of hydrogen-bond acceptors (Lipinski definition) is 3. The molecule has 2 heterocycles. The number of aromatic carboxylic acids is 1. The third-order valence-electron chi connectivity index (χ3n) is 3.91. The summed E-state index contributed by atoms with van der Waals surface area (Å²) < 4.78 is 5.51. The summed E-state index contributed by atoms with van der Waals surface area (Å²) in [4.78, 5) is 15.8. The second kappa shape index (κ2) is 6.24. The SMILES string of the molecule is CCCCc1cc(-c2ccc(C)cc2)nc2cc(C(=O)O)oc12. The number of nitrogens with zero attached hydrogens (tertiary/aromatic N) is 1. The Morgan fingerprint density at radius 2 is 1.96 bits per heavy atom. The average molecular weight is 309 g/mol. The first-order valence-electron chi connectivity index (χ1n) is 7.82. The van der Waals surface area contributed by atoms with E-state index in [0.717, 1.165) is 36.1 Å². The molecule has 0 aliphatic heterocycles. The van der Waals surface area contributed by atoms with Crippen LogP contribution in [-0.4, -0.2) is 16.1 Å². The topological polar surface area (TPSA) is 63.3 Å². The van der Waals surface area contributed by atoms with Gasteiger partial charge in [0.05, 0.1) is 5.69 Å². The number of benzene rings is 1. The first-order valence-corrected chi connectivity index (χ1v) is 7.82. The van der Waals surface area contributed by atoms with Gasteiger partial charge in [-0.3, -0.25) is 0 Å². The molecule has 4 nitrogen and oxygen atoms in total. The van der Waals surface area contributed by atoms with Gasteiger partial charge in [0.1, 0.15) is 5.52 Å². The van der Waals surface area contributed by atoms with E-state index in [4.69, 9.17) is 9.52 Å². The molecule has 0 saturated carbocycles. The molecule has 0 atom stereocenters. The highest BCUT2D eigenvalue weighted by Gasteiger charge is 2.16. The van der Waals surface area contributed by atoms with Gasteiger partial charge in [-0.1, -0.05) is 43.2 Å². The van der Waals surface area contributed by atoms with Crippen molar-refractivity contribution in [1.82, 2.24) is 4.98 Å². The number of aromatic nitrogens is 1. The van der Waals surface area contributed by atoms with Crippen LogP contribution in [0.5, 0.6) is 0 Å². The largest absolute Gasteiger partial charge is 0.475 e. The van der Waals surface area contributed by atoms with E-state index in [-0.39, 0.29) is 5.76 Å². The molecule has 1 N–H and O–H groups in total. The first-order chi connectivity index (χ1) is 11.1. The summed E-state index contributed by atoms with van der Waals surface area (Å²) in [5.41, 5.74) is 5.27. The maximum absolute atomic E-state index is 11.2. The van der Waals surface area contributed by atoms with Gasteiger partial charge in [0, 0.05) is 11.6 Å². The van der Waals surface area contributed by atoms with E-state index in [1.165, 1.54) is 11.6 Å². The summed E-state index contributed by atoms with van der Waals surface area (Å²) >= 11 is 0. The third-order valence-corrected chi connectivity index (χ3v) is 3.91. The van der Waals surface area contributed by atoms with Gasteiger partial charge in [-0.15, -0.1) is 0 Å². The molecule has 0 spiro atoms. The van der Waals surface area contributed by atoms with Crippen molar-refractivity contribution in [2.75, 3.05) is 0 Å². The number of carboxylic acids is 1. The molecule has 3 aromatic rings. The summed E-state index contributed by atoms with van der Waals surface area (Å²) in [7, 11) is 0. The van der Waals surface area contributed by atoms with Gasteiger partial charge in [-0.2, -0.15) is 0 Å². The Hall–Kier alpha value is -2.62. The number of aryl methyl sites for hydroxylation is 2. The molecule has 3 rings (SSSR count). The van der Waals surface area contributed by atoms with Gasteiger partial charge in [-0.25, -0.2) is 9.78 Å². The maximum Gasteiger partial charge on any atom is 0.371 e. The van der Waals surface area contributed by atoms with Crippen LogP contribution in [0.3, 0.4) is 0 Å². The molecule has 118 valence electrons. The van der Waals surface area contributed by atoms with Crippen LogP contribution in [0.25, 0.3) is 22.4 Å². The highest BCUT2D eigenvalue weighted by atomic mass is 16.4.